The molecule has 0 amide bonds. The van der Waals surface area contributed by atoms with Crippen LogP contribution in [0.3, 0.4) is 0 Å². The van der Waals surface area contributed by atoms with Gasteiger partial charge in [0.1, 0.15) is 5.82 Å². The lowest BCUT2D eigenvalue weighted by molar-refractivity contribution is -0.0377. The normalized spacial score (nSPS) is 11.1. The van der Waals surface area contributed by atoms with Crippen LogP contribution in [0.25, 0.3) is 0 Å². The lowest BCUT2D eigenvalue weighted by Crippen LogP contribution is -2.21. The van der Waals surface area contributed by atoms with E-state index >= 15 is 0 Å². The van der Waals surface area contributed by atoms with Crippen LogP contribution in [-0.4, -0.2) is 30.5 Å². The first-order valence-electron chi connectivity index (χ1n) is 7.01. The molecule has 1 aromatic carbocycles. The number of hydrogen-bond acceptors (Lipinski definition) is 3. The van der Waals surface area contributed by atoms with Crippen molar-refractivity contribution in [1.82, 2.24) is 0 Å². The summed E-state index contributed by atoms with van der Waals surface area (Å²) in [5.74, 6) is 5.25. The van der Waals surface area contributed by atoms with Crippen LogP contribution in [0.5, 0.6) is 0 Å². The molecule has 0 heterocycles. The zero-order valence-corrected chi connectivity index (χ0v) is 12.9. The summed E-state index contributed by atoms with van der Waals surface area (Å²) in [4.78, 5) is 0. The number of aliphatic hydroxyl groups is 1. The van der Waals surface area contributed by atoms with Gasteiger partial charge in [0, 0.05) is 12.0 Å². The third-order valence-electron chi connectivity index (χ3n) is 2.46. The highest BCUT2D eigenvalue weighted by Crippen LogP contribution is 2.10. The maximum Gasteiger partial charge on any atom is 0.124 e. The molecular weight excluding hydrogens is 271 g/mol. The van der Waals surface area contributed by atoms with E-state index in [0.717, 1.165) is 5.56 Å². The van der Waals surface area contributed by atoms with Crippen molar-refractivity contribution in [2.75, 3.05) is 19.8 Å². The standard InChI is InChI=1S/C17H23FO3/c1-17(2,3)21-9-8-20-13-15-10-14(6-4-5-7-19)11-16(18)12-15/h10-12,19H,5,7-9,13H2,1-3H3. The second-order valence-corrected chi connectivity index (χ2v) is 5.64. The van der Waals surface area contributed by atoms with E-state index in [1.807, 2.05) is 20.8 Å². The lowest BCUT2D eigenvalue weighted by Gasteiger charge is -2.19. The zero-order chi connectivity index (χ0) is 15.7. The summed E-state index contributed by atoms with van der Waals surface area (Å²) in [6, 6.07) is 4.59. The van der Waals surface area contributed by atoms with Gasteiger partial charge in [0.15, 0.2) is 0 Å². The molecule has 0 saturated heterocycles. The van der Waals surface area contributed by atoms with Gasteiger partial charge in [-0.25, -0.2) is 4.39 Å². The van der Waals surface area contributed by atoms with Crippen molar-refractivity contribution in [2.45, 2.75) is 39.4 Å². The number of halogens is 1. The van der Waals surface area contributed by atoms with Crippen LogP contribution in [0.2, 0.25) is 0 Å². The minimum absolute atomic E-state index is 0.00601. The van der Waals surface area contributed by atoms with Gasteiger partial charge in [-0.2, -0.15) is 0 Å². The summed E-state index contributed by atoms with van der Waals surface area (Å²) >= 11 is 0. The molecule has 0 radical (unpaired) electrons. The highest BCUT2D eigenvalue weighted by Gasteiger charge is 2.09. The average Bonchev–Trinajstić information content (AvgIpc) is 2.37. The van der Waals surface area contributed by atoms with Gasteiger partial charge in [0.25, 0.3) is 0 Å². The van der Waals surface area contributed by atoms with Crippen LogP contribution in [0.15, 0.2) is 18.2 Å². The third-order valence-corrected chi connectivity index (χ3v) is 2.46. The first kappa shape index (κ1) is 17.6. The monoisotopic (exact) mass is 294 g/mol. The van der Waals surface area contributed by atoms with Crippen molar-refractivity contribution < 1.29 is 19.0 Å². The molecule has 3 nitrogen and oxygen atoms in total. The molecule has 1 rings (SSSR count). The van der Waals surface area contributed by atoms with Crippen LogP contribution < -0.4 is 0 Å². The molecule has 0 aliphatic rings. The SMILES string of the molecule is CC(C)(C)OCCOCc1cc(F)cc(C#CCCO)c1. The molecule has 0 aliphatic carbocycles. The van der Waals surface area contributed by atoms with E-state index in [4.69, 9.17) is 14.6 Å². The molecule has 0 fully saturated rings. The fourth-order valence-electron chi connectivity index (χ4n) is 1.62. The third kappa shape index (κ3) is 8.46. The molecule has 0 aliphatic heterocycles. The topological polar surface area (TPSA) is 38.7 Å². The quantitative estimate of drug-likeness (QED) is 0.647. The maximum atomic E-state index is 13.5. The fourth-order valence-corrected chi connectivity index (χ4v) is 1.62. The summed E-state index contributed by atoms with van der Waals surface area (Å²) in [6.07, 6.45) is 0.381. The number of benzene rings is 1. The van der Waals surface area contributed by atoms with Crippen LogP contribution in [0, 0.1) is 17.7 Å². The Morgan fingerprint density at radius 3 is 2.62 bits per heavy atom. The maximum absolute atomic E-state index is 13.5. The molecule has 0 atom stereocenters. The van der Waals surface area contributed by atoms with E-state index in [2.05, 4.69) is 11.8 Å². The zero-order valence-electron chi connectivity index (χ0n) is 12.9. The fraction of sp³-hybridized carbons (Fsp3) is 0.529. The number of rotatable bonds is 6. The van der Waals surface area contributed by atoms with E-state index in [0.29, 0.717) is 31.8 Å². The molecule has 0 spiro atoms. The van der Waals surface area contributed by atoms with Crippen molar-refractivity contribution >= 4 is 0 Å². The molecule has 0 saturated carbocycles. The Bertz CT molecular complexity index is 495. The molecule has 0 bridgehead atoms. The Morgan fingerprint density at radius 1 is 1.19 bits per heavy atom. The Labute approximate surface area is 126 Å². The van der Waals surface area contributed by atoms with E-state index in [1.165, 1.54) is 12.1 Å². The lowest BCUT2D eigenvalue weighted by atomic mass is 10.1. The number of hydrogen-bond donors (Lipinski definition) is 1. The van der Waals surface area contributed by atoms with Gasteiger partial charge in [-0.1, -0.05) is 11.8 Å². The Morgan fingerprint density at radius 2 is 1.95 bits per heavy atom. The Hall–Kier alpha value is -1.41. The first-order valence-corrected chi connectivity index (χ1v) is 7.01. The smallest absolute Gasteiger partial charge is 0.124 e. The van der Waals surface area contributed by atoms with Gasteiger partial charge in [-0.15, -0.1) is 0 Å². The minimum Gasteiger partial charge on any atom is -0.395 e. The highest BCUT2D eigenvalue weighted by atomic mass is 19.1. The van der Waals surface area contributed by atoms with E-state index in [9.17, 15) is 4.39 Å². The van der Waals surface area contributed by atoms with Crippen LogP contribution in [0.1, 0.15) is 38.3 Å². The second kappa shape index (κ2) is 8.78. The van der Waals surface area contributed by atoms with Crippen LogP contribution in [-0.2, 0) is 16.1 Å². The summed E-state index contributed by atoms with van der Waals surface area (Å²) < 4.78 is 24.5. The summed E-state index contributed by atoms with van der Waals surface area (Å²) in [7, 11) is 0. The Balaban J connectivity index is 2.46. The summed E-state index contributed by atoms with van der Waals surface area (Å²) in [6.45, 7) is 7.23. The Kier molecular flexibility index (Phi) is 7.38. The average molecular weight is 294 g/mol. The number of ether oxygens (including phenoxy) is 2. The van der Waals surface area contributed by atoms with E-state index in [1.54, 1.807) is 6.07 Å². The van der Waals surface area contributed by atoms with Gasteiger partial charge in [-0.3, -0.25) is 0 Å². The molecule has 1 N–H and O–H groups in total. The minimum atomic E-state index is -0.338. The summed E-state index contributed by atoms with van der Waals surface area (Å²) in [5.41, 5.74) is 1.14. The van der Waals surface area contributed by atoms with E-state index in [-0.39, 0.29) is 18.0 Å². The molecule has 0 aromatic heterocycles. The van der Waals surface area contributed by atoms with Crippen molar-refractivity contribution in [3.8, 4) is 11.8 Å². The van der Waals surface area contributed by atoms with Crippen molar-refractivity contribution in [3.05, 3.63) is 35.1 Å². The van der Waals surface area contributed by atoms with Crippen LogP contribution >= 0.6 is 0 Å². The van der Waals surface area contributed by atoms with Gasteiger partial charge in [0.05, 0.1) is 32.0 Å². The molecule has 4 heteroatoms. The molecule has 116 valence electrons. The van der Waals surface area contributed by atoms with Gasteiger partial charge in [-0.05, 0) is 44.5 Å². The predicted octanol–water partition coefficient (Wildman–Crippen LogP) is 2.89. The molecule has 1 aromatic rings. The van der Waals surface area contributed by atoms with E-state index < -0.39 is 0 Å². The molecular formula is C17H23FO3. The largest absolute Gasteiger partial charge is 0.395 e. The molecule has 21 heavy (non-hydrogen) atoms. The first-order chi connectivity index (χ1) is 9.90. The second-order valence-electron chi connectivity index (χ2n) is 5.64. The van der Waals surface area contributed by atoms with Crippen molar-refractivity contribution in [3.63, 3.8) is 0 Å². The van der Waals surface area contributed by atoms with Gasteiger partial charge in [0.2, 0.25) is 0 Å². The van der Waals surface area contributed by atoms with Crippen LogP contribution in [0.4, 0.5) is 4.39 Å². The predicted molar refractivity (Wildman–Crippen MR) is 80.3 cm³/mol. The van der Waals surface area contributed by atoms with Gasteiger partial charge >= 0.3 is 0 Å². The van der Waals surface area contributed by atoms with Crippen molar-refractivity contribution in [1.29, 1.82) is 0 Å². The molecule has 0 unspecified atom stereocenters. The summed E-state index contributed by atoms with van der Waals surface area (Å²) in [5, 5.41) is 8.67. The number of aliphatic hydroxyl groups excluding tert-OH is 1. The van der Waals surface area contributed by atoms with Gasteiger partial charge < -0.3 is 14.6 Å². The van der Waals surface area contributed by atoms with Crippen molar-refractivity contribution in [2.24, 2.45) is 0 Å². The highest BCUT2D eigenvalue weighted by molar-refractivity contribution is 5.37.